The van der Waals surface area contributed by atoms with Crippen molar-refractivity contribution in [2.24, 2.45) is 0 Å². The third kappa shape index (κ3) is 2.74. The van der Waals surface area contributed by atoms with Crippen molar-refractivity contribution in [3.63, 3.8) is 0 Å². The van der Waals surface area contributed by atoms with Crippen LogP contribution >= 0.6 is 67.9 Å². The van der Waals surface area contributed by atoms with Gasteiger partial charge in [-0.2, -0.15) is 0 Å². The zero-order valence-electron chi connectivity index (χ0n) is 10.3. The van der Waals surface area contributed by atoms with Crippen LogP contribution in [0.15, 0.2) is 0 Å². The van der Waals surface area contributed by atoms with Gasteiger partial charge in [0.25, 0.3) is 0 Å². The molecule has 2 aromatic rings. The third-order valence-electron chi connectivity index (χ3n) is 3.08. The molecular formula is C13H14I2S2. The first kappa shape index (κ1) is 14.3. The first-order chi connectivity index (χ1) is 7.91. The van der Waals surface area contributed by atoms with Crippen LogP contribution in [0, 0.1) is 34.8 Å². The Balaban J connectivity index is 2.38. The minimum Gasteiger partial charge on any atom is -0.144 e. The minimum absolute atomic E-state index is 1.11. The molecule has 92 valence electrons. The Hall–Kier alpha value is 0.860. The Labute approximate surface area is 138 Å². The van der Waals surface area contributed by atoms with Crippen LogP contribution in [-0.4, -0.2) is 0 Å². The van der Waals surface area contributed by atoms with Gasteiger partial charge in [-0.05, 0) is 84.0 Å². The Morgan fingerprint density at radius 3 is 1.35 bits per heavy atom. The van der Waals surface area contributed by atoms with Crippen LogP contribution in [0.25, 0.3) is 0 Å². The molecule has 0 bridgehead atoms. The van der Waals surface area contributed by atoms with E-state index in [0.717, 1.165) is 6.42 Å². The molecule has 0 aliphatic heterocycles. The zero-order valence-corrected chi connectivity index (χ0v) is 16.2. The Morgan fingerprint density at radius 2 is 1.12 bits per heavy atom. The van der Waals surface area contributed by atoms with E-state index in [0.29, 0.717) is 0 Å². The molecule has 0 atom stereocenters. The molecule has 0 radical (unpaired) electrons. The first-order valence-electron chi connectivity index (χ1n) is 5.40. The Kier molecular flexibility index (Phi) is 4.59. The SMILES string of the molecule is Cc1sc(Cc2sc(C)c(C)c2I)c(I)c1C. The largest absolute Gasteiger partial charge is 0.144 e. The van der Waals surface area contributed by atoms with Crippen molar-refractivity contribution in [1.29, 1.82) is 0 Å². The molecule has 0 aliphatic carbocycles. The van der Waals surface area contributed by atoms with Crippen molar-refractivity contribution < 1.29 is 0 Å². The maximum absolute atomic E-state index is 2.49. The fourth-order valence-electron chi connectivity index (χ4n) is 1.71. The van der Waals surface area contributed by atoms with E-state index in [1.54, 1.807) is 0 Å². The summed E-state index contributed by atoms with van der Waals surface area (Å²) in [6.07, 6.45) is 1.11. The van der Waals surface area contributed by atoms with Crippen molar-refractivity contribution in [2.45, 2.75) is 34.1 Å². The van der Waals surface area contributed by atoms with Crippen LogP contribution in [0.4, 0.5) is 0 Å². The highest BCUT2D eigenvalue weighted by molar-refractivity contribution is 14.1. The van der Waals surface area contributed by atoms with Gasteiger partial charge in [-0.1, -0.05) is 0 Å². The molecule has 2 rings (SSSR count). The normalized spacial score (nSPS) is 11.2. The lowest BCUT2D eigenvalue weighted by molar-refractivity contribution is 1.24. The minimum atomic E-state index is 1.11. The van der Waals surface area contributed by atoms with Crippen LogP contribution < -0.4 is 0 Å². The molecule has 0 spiro atoms. The highest BCUT2D eigenvalue weighted by Gasteiger charge is 2.15. The molecular weight excluding hydrogens is 474 g/mol. The van der Waals surface area contributed by atoms with Gasteiger partial charge in [-0.3, -0.25) is 0 Å². The van der Waals surface area contributed by atoms with Gasteiger partial charge in [0.05, 0.1) is 0 Å². The third-order valence-corrected chi connectivity index (χ3v) is 9.14. The number of aryl methyl sites for hydroxylation is 2. The fourth-order valence-corrected chi connectivity index (χ4v) is 6.19. The lowest BCUT2D eigenvalue weighted by Gasteiger charge is -1.98. The molecule has 0 saturated carbocycles. The molecule has 0 aliphatic rings. The van der Waals surface area contributed by atoms with Gasteiger partial charge in [-0.15, -0.1) is 22.7 Å². The standard InChI is InChI=1S/C13H14I2S2/c1-6-8(3)16-10(12(6)14)5-11-13(15)7(2)9(4)17-11/h5H2,1-4H3. The molecule has 0 unspecified atom stereocenters. The smallest absolute Gasteiger partial charge is 0.0305 e. The highest BCUT2D eigenvalue weighted by Crippen LogP contribution is 2.35. The summed E-state index contributed by atoms with van der Waals surface area (Å²) >= 11 is 8.90. The van der Waals surface area contributed by atoms with Crippen molar-refractivity contribution in [2.75, 3.05) is 0 Å². The average molecular weight is 488 g/mol. The van der Waals surface area contributed by atoms with Crippen molar-refractivity contribution >= 4 is 67.9 Å². The van der Waals surface area contributed by atoms with Crippen LogP contribution in [0.5, 0.6) is 0 Å². The molecule has 2 heterocycles. The topological polar surface area (TPSA) is 0 Å². The summed E-state index contributed by atoms with van der Waals surface area (Å²) in [6, 6.07) is 0. The highest BCUT2D eigenvalue weighted by atomic mass is 127. The van der Waals surface area contributed by atoms with Gasteiger partial charge in [-0.25, -0.2) is 0 Å². The Bertz CT molecular complexity index is 514. The van der Waals surface area contributed by atoms with Crippen molar-refractivity contribution in [3.05, 3.63) is 37.8 Å². The van der Waals surface area contributed by atoms with Gasteiger partial charge in [0.2, 0.25) is 0 Å². The van der Waals surface area contributed by atoms with E-state index in [1.807, 2.05) is 22.7 Å². The van der Waals surface area contributed by atoms with E-state index in [2.05, 4.69) is 72.9 Å². The molecule has 0 saturated heterocycles. The summed E-state index contributed by atoms with van der Waals surface area (Å²) < 4.78 is 2.93. The van der Waals surface area contributed by atoms with Crippen LogP contribution in [0.2, 0.25) is 0 Å². The lowest BCUT2D eigenvalue weighted by Crippen LogP contribution is -1.87. The maximum Gasteiger partial charge on any atom is 0.0305 e. The molecule has 4 heteroatoms. The van der Waals surface area contributed by atoms with Crippen LogP contribution in [0.3, 0.4) is 0 Å². The molecule has 0 amide bonds. The summed E-state index contributed by atoms with van der Waals surface area (Å²) in [5.41, 5.74) is 2.93. The van der Waals surface area contributed by atoms with E-state index in [4.69, 9.17) is 0 Å². The van der Waals surface area contributed by atoms with E-state index >= 15 is 0 Å². The zero-order chi connectivity index (χ0) is 12.7. The van der Waals surface area contributed by atoms with Gasteiger partial charge >= 0.3 is 0 Å². The molecule has 0 nitrogen and oxygen atoms in total. The van der Waals surface area contributed by atoms with Crippen LogP contribution in [-0.2, 0) is 6.42 Å². The summed E-state index contributed by atoms with van der Waals surface area (Å²) in [7, 11) is 0. The quantitative estimate of drug-likeness (QED) is 0.466. The van der Waals surface area contributed by atoms with Gasteiger partial charge in [0, 0.05) is 33.1 Å². The monoisotopic (exact) mass is 488 g/mol. The second-order valence-electron chi connectivity index (χ2n) is 4.22. The summed E-state index contributed by atoms with van der Waals surface area (Å²) in [4.78, 5) is 5.98. The summed E-state index contributed by atoms with van der Waals surface area (Å²) in [5, 5.41) is 0. The Morgan fingerprint density at radius 1 is 0.765 bits per heavy atom. The van der Waals surface area contributed by atoms with Gasteiger partial charge < -0.3 is 0 Å². The number of rotatable bonds is 2. The average Bonchev–Trinajstić information content (AvgIpc) is 2.66. The van der Waals surface area contributed by atoms with Crippen molar-refractivity contribution in [3.8, 4) is 0 Å². The lowest BCUT2D eigenvalue weighted by atomic mass is 10.2. The molecule has 0 fully saturated rings. The second-order valence-corrected chi connectivity index (χ2v) is 8.99. The van der Waals surface area contributed by atoms with E-state index in [1.165, 1.54) is 37.8 Å². The van der Waals surface area contributed by atoms with Crippen molar-refractivity contribution in [1.82, 2.24) is 0 Å². The predicted octanol–water partition coefficient (Wildman–Crippen LogP) is 5.84. The molecule has 0 N–H and O–H groups in total. The number of thiophene rings is 2. The number of hydrogen-bond acceptors (Lipinski definition) is 2. The van der Waals surface area contributed by atoms with Crippen LogP contribution in [0.1, 0.15) is 30.6 Å². The number of hydrogen-bond donors (Lipinski definition) is 0. The van der Waals surface area contributed by atoms with E-state index < -0.39 is 0 Å². The summed E-state index contributed by atoms with van der Waals surface area (Å²) in [6.45, 7) is 8.91. The van der Waals surface area contributed by atoms with Gasteiger partial charge in [0.15, 0.2) is 0 Å². The second kappa shape index (κ2) is 5.46. The summed E-state index contributed by atoms with van der Waals surface area (Å²) in [5.74, 6) is 0. The molecule has 17 heavy (non-hydrogen) atoms. The maximum atomic E-state index is 2.49. The fraction of sp³-hybridized carbons (Fsp3) is 0.385. The van der Waals surface area contributed by atoms with E-state index in [9.17, 15) is 0 Å². The first-order valence-corrected chi connectivity index (χ1v) is 9.19. The predicted molar refractivity (Wildman–Crippen MR) is 95.8 cm³/mol. The number of halogens is 2. The molecule has 0 aromatic carbocycles. The van der Waals surface area contributed by atoms with Gasteiger partial charge in [0.1, 0.15) is 0 Å². The van der Waals surface area contributed by atoms with E-state index in [-0.39, 0.29) is 0 Å². The molecule has 2 aromatic heterocycles.